The molecule has 2 atom stereocenters. The second-order valence-electron chi connectivity index (χ2n) is 15.8. The summed E-state index contributed by atoms with van der Waals surface area (Å²) in [5.41, 5.74) is 12.7. The van der Waals surface area contributed by atoms with Gasteiger partial charge in [-0.3, -0.25) is 0 Å². The van der Waals surface area contributed by atoms with Crippen LogP contribution in [-0.4, -0.2) is 6.61 Å². The fourth-order valence-electron chi connectivity index (χ4n) is 8.83. The summed E-state index contributed by atoms with van der Waals surface area (Å²) in [5.74, 6) is 1.20. The van der Waals surface area contributed by atoms with Gasteiger partial charge in [0.15, 0.2) is 0 Å². The van der Waals surface area contributed by atoms with Crippen molar-refractivity contribution in [1.82, 2.24) is 0 Å². The predicted molar refractivity (Wildman–Crippen MR) is 254 cm³/mol. The minimum Gasteiger partial charge on any atom is -0.494 e. The van der Waals surface area contributed by atoms with E-state index in [4.69, 9.17) is 4.74 Å². The summed E-state index contributed by atoms with van der Waals surface area (Å²) in [6.07, 6.45) is 6.03. The van der Waals surface area contributed by atoms with Gasteiger partial charge in [-0.2, -0.15) is 0 Å². The molecule has 1 heteroatoms. The highest BCUT2D eigenvalue weighted by Crippen LogP contribution is 2.39. The van der Waals surface area contributed by atoms with Gasteiger partial charge in [-0.1, -0.05) is 206 Å². The van der Waals surface area contributed by atoms with Crippen LogP contribution in [0.5, 0.6) is 5.75 Å². The lowest BCUT2D eigenvalue weighted by Crippen LogP contribution is -2.06. The molecule has 0 radical (unpaired) electrons. The first-order valence-corrected chi connectivity index (χ1v) is 21.4. The van der Waals surface area contributed by atoms with Crippen LogP contribution in [0.15, 0.2) is 225 Å². The van der Waals surface area contributed by atoms with Crippen LogP contribution in [-0.2, 0) is 6.42 Å². The van der Waals surface area contributed by atoms with Gasteiger partial charge in [0.05, 0.1) is 6.61 Å². The van der Waals surface area contributed by atoms with E-state index in [0.29, 0.717) is 0 Å². The van der Waals surface area contributed by atoms with E-state index in [1.165, 1.54) is 77.2 Å². The summed E-state index contributed by atoms with van der Waals surface area (Å²) < 4.78 is 6.10. The van der Waals surface area contributed by atoms with Crippen molar-refractivity contribution in [2.24, 2.45) is 0 Å². The molecular weight excluding hydrogens is 725 g/mol. The Balaban J connectivity index is 0.990. The summed E-state index contributed by atoms with van der Waals surface area (Å²) in [4.78, 5) is 0. The number of unbranched alkanes of at least 4 members (excludes halogenated alkanes) is 2. The maximum Gasteiger partial charge on any atom is 0.119 e. The molecule has 9 aromatic rings. The highest BCUT2D eigenvalue weighted by atomic mass is 16.5. The van der Waals surface area contributed by atoms with E-state index in [9.17, 15) is 0 Å². The molecule has 0 heterocycles. The van der Waals surface area contributed by atoms with Gasteiger partial charge in [-0.15, -0.1) is 6.58 Å². The van der Waals surface area contributed by atoms with Gasteiger partial charge in [0.1, 0.15) is 5.75 Å². The van der Waals surface area contributed by atoms with Crippen LogP contribution in [0.4, 0.5) is 0 Å². The first-order valence-electron chi connectivity index (χ1n) is 21.4. The molecule has 0 fully saturated rings. The van der Waals surface area contributed by atoms with Crippen LogP contribution >= 0.6 is 0 Å². The van der Waals surface area contributed by atoms with Crippen molar-refractivity contribution in [3.63, 3.8) is 0 Å². The third-order valence-corrected chi connectivity index (χ3v) is 12.0. The largest absolute Gasteiger partial charge is 0.494 e. The van der Waals surface area contributed by atoms with Gasteiger partial charge in [0, 0.05) is 11.8 Å². The van der Waals surface area contributed by atoms with E-state index >= 15 is 0 Å². The lowest BCUT2D eigenvalue weighted by atomic mass is 9.82. The molecule has 9 aromatic carbocycles. The predicted octanol–water partition coefficient (Wildman–Crippen LogP) is 15.6. The molecule has 1 unspecified atom stereocenters. The van der Waals surface area contributed by atoms with E-state index in [1.807, 2.05) is 6.08 Å². The monoisotopic (exact) mass is 774 g/mol. The molecule has 0 aliphatic heterocycles. The third kappa shape index (κ3) is 8.58. The number of hydrogen-bond donors (Lipinski definition) is 0. The molecule has 292 valence electrons. The van der Waals surface area contributed by atoms with Crippen molar-refractivity contribution < 1.29 is 4.74 Å². The van der Waals surface area contributed by atoms with Crippen LogP contribution < -0.4 is 4.74 Å². The lowest BCUT2D eigenvalue weighted by Gasteiger charge is -2.22. The van der Waals surface area contributed by atoms with Gasteiger partial charge >= 0.3 is 0 Å². The molecular formula is C59H50O. The van der Waals surface area contributed by atoms with Crippen molar-refractivity contribution in [2.45, 2.75) is 37.5 Å². The lowest BCUT2D eigenvalue weighted by molar-refractivity contribution is 0.307. The van der Waals surface area contributed by atoms with Crippen LogP contribution in [0, 0.1) is 0 Å². The minimum atomic E-state index is 0.0892. The van der Waals surface area contributed by atoms with Gasteiger partial charge < -0.3 is 4.74 Å². The van der Waals surface area contributed by atoms with Crippen molar-refractivity contribution in [1.29, 1.82) is 0 Å². The van der Waals surface area contributed by atoms with Gasteiger partial charge in [0.25, 0.3) is 0 Å². The fourth-order valence-corrected chi connectivity index (χ4v) is 8.83. The minimum absolute atomic E-state index is 0.0892. The first kappa shape index (κ1) is 38.6. The molecule has 9 rings (SSSR count). The number of hydrogen-bond acceptors (Lipinski definition) is 1. The van der Waals surface area contributed by atoms with Crippen molar-refractivity contribution in [3.8, 4) is 28.0 Å². The molecule has 0 aliphatic carbocycles. The fraction of sp³-hybridized carbons (Fsp3) is 0.119. The zero-order valence-corrected chi connectivity index (χ0v) is 34.1. The van der Waals surface area contributed by atoms with Crippen molar-refractivity contribution in [2.75, 3.05) is 6.61 Å². The topological polar surface area (TPSA) is 9.23 Å². The van der Waals surface area contributed by atoms with Crippen molar-refractivity contribution in [3.05, 3.63) is 258 Å². The van der Waals surface area contributed by atoms with E-state index in [0.717, 1.165) is 38.0 Å². The smallest absolute Gasteiger partial charge is 0.119 e. The average molecular weight is 775 g/mol. The second kappa shape index (κ2) is 18.3. The highest BCUT2D eigenvalue weighted by molar-refractivity contribution is 5.88. The van der Waals surface area contributed by atoms with Crippen LogP contribution in [0.25, 0.3) is 43.8 Å². The Morgan fingerprint density at radius 2 is 0.900 bits per heavy atom. The Morgan fingerprint density at radius 3 is 1.50 bits per heavy atom. The average Bonchev–Trinajstić information content (AvgIpc) is 3.32. The number of rotatable bonds is 15. The maximum absolute atomic E-state index is 6.10. The van der Waals surface area contributed by atoms with Crippen molar-refractivity contribution >= 4 is 21.5 Å². The highest BCUT2D eigenvalue weighted by Gasteiger charge is 2.21. The molecule has 0 N–H and O–H groups in total. The van der Waals surface area contributed by atoms with Gasteiger partial charge in [0.2, 0.25) is 0 Å². The summed E-state index contributed by atoms with van der Waals surface area (Å²) >= 11 is 0. The number of fused-ring (bicyclic) bond motifs is 2. The van der Waals surface area contributed by atoms with E-state index in [2.05, 4.69) is 219 Å². The Labute approximate surface area is 355 Å². The Morgan fingerprint density at radius 1 is 0.417 bits per heavy atom. The Kier molecular flexibility index (Phi) is 11.8. The van der Waals surface area contributed by atoms with Gasteiger partial charge in [-0.25, -0.2) is 0 Å². The van der Waals surface area contributed by atoms with Gasteiger partial charge in [-0.05, 0) is 115 Å². The summed E-state index contributed by atoms with van der Waals surface area (Å²) in [5, 5.41) is 5.12. The molecule has 0 bridgehead atoms. The zero-order valence-electron chi connectivity index (χ0n) is 34.1. The van der Waals surface area contributed by atoms with E-state index in [-0.39, 0.29) is 11.8 Å². The van der Waals surface area contributed by atoms with E-state index < -0.39 is 0 Å². The number of allylic oxidation sites excluding steroid dienone is 1. The summed E-state index contributed by atoms with van der Waals surface area (Å²) in [7, 11) is 0. The third-order valence-electron chi connectivity index (χ3n) is 12.0. The quantitative estimate of drug-likeness (QED) is 0.0573. The summed E-state index contributed by atoms with van der Waals surface area (Å²) in [6.45, 7) is 4.56. The molecule has 0 aliphatic rings. The molecule has 0 saturated carbocycles. The zero-order chi connectivity index (χ0) is 40.5. The van der Waals surface area contributed by atoms with Crippen LogP contribution in [0.1, 0.15) is 64.5 Å². The standard InChI is InChI=1S/C59H50O/c1-2-3-4-12-41-60-53-39-37-50(38-40-53)58(56-23-13-19-48-17-8-10-21-54(48)56)42-43-25-27-45(28-26-43)47-31-35-52(36-32-47)59(57-24-14-20-49-18-9-11-22-55(49)57)51-33-29-46(30-34-51)44-15-6-5-7-16-44/h2,5-11,13-40,58-59H,1,3-4,12,41-42H2/t58-,59?/m1/s1. The summed E-state index contributed by atoms with van der Waals surface area (Å²) in [6, 6.07) is 77.9. The second-order valence-corrected chi connectivity index (χ2v) is 15.8. The maximum atomic E-state index is 6.10. The number of ether oxygens (including phenoxy) is 1. The Bertz CT molecular complexity index is 2790. The molecule has 0 amide bonds. The Hall–Kier alpha value is -6.96. The van der Waals surface area contributed by atoms with Crippen LogP contribution in [0.3, 0.4) is 0 Å². The normalized spacial score (nSPS) is 12.3. The molecule has 0 aromatic heterocycles. The van der Waals surface area contributed by atoms with E-state index in [1.54, 1.807) is 0 Å². The molecule has 60 heavy (non-hydrogen) atoms. The molecule has 1 nitrogen and oxygen atoms in total. The van der Waals surface area contributed by atoms with Crippen LogP contribution in [0.2, 0.25) is 0 Å². The number of benzene rings is 9. The molecule has 0 saturated heterocycles. The molecule has 0 spiro atoms. The first-order chi connectivity index (χ1) is 29.7. The SMILES string of the molecule is C=CCCCCOc1ccc([C@@H](Cc2ccc(-c3ccc(C(c4ccc(-c5ccccc5)cc4)c4cccc5ccccc45)cc3)cc2)c2cccc3ccccc23)cc1.